The molecule has 2 aromatic carbocycles. The maximum absolute atomic E-state index is 13.5. The lowest BCUT2D eigenvalue weighted by atomic mass is 9.82. The quantitative estimate of drug-likeness (QED) is 0.248. The van der Waals surface area contributed by atoms with Gasteiger partial charge in [0, 0.05) is 29.4 Å². The summed E-state index contributed by atoms with van der Waals surface area (Å²) in [6, 6.07) is 11.9. The number of aromatic nitrogens is 3. The molecule has 6 nitrogen and oxygen atoms in total. The van der Waals surface area contributed by atoms with E-state index in [0.717, 1.165) is 18.2 Å². The normalized spacial score (nSPS) is 15.6. The number of hydrogen-bond donors (Lipinski definition) is 0. The summed E-state index contributed by atoms with van der Waals surface area (Å²) in [5.41, 5.74) is 1.31. The highest BCUT2D eigenvalue weighted by Crippen LogP contribution is 2.44. The van der Waals surface area contributed by atoms with E-state index in [1.807, 2.05) is 0 Å². The molecule has 0 radical (unpaired) electrons. The van der Waals surface area contributed by atoms with E-state index in [1.54, 1.807) is 6.07 Å². The Morgan fingerprint density at radius 2 is 1.78 bits per heavy atom. The molecule has 0 spiro atoms. The Labute approximate surface area is 209 Å². The van der Waals surface area contributed by atoms with Crippen molar-refractivity contribution in [3.63, 3.8) is 0 Å². The molecule has 5 rings (SSSR count). The second kappa shape index (κ2) is 9.55. The molecule has 0 N–H and O–H groups in total. The van der Waals surface area contributed by atoms with Gasteiger partial charge in [-0.2, -0.15) is 17.6 Å². The fraction of sp³-hybridized carbons (Fsp3) is 0.192. The van der Waals surface area contributed by atoms with Crippen LogP contribution in [0.25, 0.3) is 11.1 Å². The molecule has 1 aliphatic rings. The van der Waals surface area contributed by atoms with Crippen molar-refractivity contribution in [2.75, 3.05) is 6.61 Å². The molecule has 0 fully saturated rings. The lowest BCUT2D eigenvalue weighted by Crippen LogP contribution is -2.17. The first-order chi connectivity index (χ1) is 17.6. The molecule has 0 unspecified atom stereocenters. The third-order valence-corrected chi connectivity index (χ3v) is 7.81. The maximum Gasteiger partial charge on any atom is 0.416 e. The van der Waals surface area contributed by atoms with Gasteiger partial charge in [0.2, 0.25) is 5.95 Å². The number of halogens is 4. The van der Waals surface area contributed by atoms with Gasteiger partial charge in [0.05, 0.1) is 28.5 Å². The third-order valence-electron chi connectivity index (χ3n) is 6.16. The van der Waals surface area contributed by atoms with Crippen LogP contribution >= 0.6 is 0 Å². The van der Waals surface area contributed by atoms with Gasteiger partial charge in [-0.25, -0.2) is 23.4 Å². The van der Waals surface area contributed by atoms with Crippen molar-refractivity contribution in [3.8, 4) is 16.9 Å². The lowest BCUT2D eigenvalue weighted by Gasteiger charge is -2.29. The number of alkyl halides is 3. The zero-order valence-electron chi connectivity index (χ0n) is 19.1. The van der Waals surface area contributed by atoms with Crippen molar-refractivity contribution in [2.45, 2.75) is 29.2 Å². The molecule has 190 valence electrons. The fourth-order valence-electron chi connectivity index (χ4n) is 4.39. The van der Waals surface area contributed by atoms with Gasteiger partial charge >= 0.3 is 6.18 Å². The van der Waals surface area contributed by atoms with Crippen molar-refractivity contribution in [1.82, 2.24) is 15.0 Å². The topological polar surface area (TPSA) is 82.0 Å². The van der Waals surface area contributed by atoms with Gasteiger partial charge in [-0.15, -0.1) is 0 Å². The molecule has 0 aliphatic carbocycles. The highest BCUT2D eigenvalue weighted by Gasteiger charge is 2.33. The lowest BCUT2D eigenvalue weighted by molar-refractivity contribution is -0.137. The molecule has 0 bridgehead atoms. The summed E-state index contributed by atoms with van der Waals surface area (Å²) in [6.45, 7) is 0.231. The molecular weight excluding hydrogens is 510 g/mol. The zero-order valence-corrected chi connectivity index (χ0v) is 19.9. The molecular formula is C26H19F4N3O3S. The second-order valence-electron chi connectivity index (χ2n) is 8.52. The smallest absolute Gasteiger partial charge is 0.416 e. The number of fused-ring (bicyclic) bond motifs is 1. The molecule has 37 heavy (non-hydrogen) atoms. The summed E-state index contributed by atoms with van der Waals surface area (Å²) in [5.74, 6) is -1.12. The number of hydrogen-bond acceptors (Lipinski definition) is 6. The van der Waals surface area contributed by atoms with Gasteiger partial charge in [0.1, 0.15) is 12.1 Å². The Bertz CT molecular complexity index is 1540. The minimum atomic E-state index is -4.57. The Morgan fingerprint density at radius 3 is 2.49 bits per heavy atom. The maximum atomic E-state index is 13.5. The molecule has 1 atom stereocenters. The highest BCUT2D eigenvalue weighted by atomic mass is 32.2. The van der Waals surface area contributed by atoms with Gasteiger partial charge < -0.3 is 4.74 Å². The largest absolute Gasteiger partial charge is 0.493 e. The monoisotopic (exact) mass is 529 g/mol. The van der Waals surface area contributed by atoms with Gasteiger partial charge in [-0.1, -0.05) is 12.1 Å². The Hall–Kier alpha value is -3.86. The van der Waals surface area contributed by atoms with Crippen LogP contribution in [0.3, 0.4) is 0 Å². The summed E-state index contributed by atoms with van der Waals surface area (Å²) in [6.07, 6.45) is -0.202. The fourth-order valence-corrected chi connectivity index (χ4v) is 5.68. The van der Waals surface area contributed by atoms with Crippen molar-refractivity contribution >= 4 is 9.84 Å². The number of pyridine rings is 1. The Balaban J connectivity index is 1.56. The average Bonchev–Trinajstić information content (AvgIpc) is 2.88. The van der Waals surface area contributed by atoms with E-state index < -0.39 is 27.5 Å². The Morgan fingerprint density at radius 1 is 0.973 bits per heavy atom. The molecule has 1 aliphatic heterocycles. The number of nitrogens with zero attached hydrogens (tertiary/aromatic N) is 3. The van der Waals surface area contributed by atoms with Crippen LogP contribution in [0.1, 0.15) is 34.7 Å². The van der Waals surface area contributed by atoms with Crippen molar-refractivity contribution in [2.24, 2.45) is 0 Å². The van der Waals surface area contributed by atoms with Crippen molar-refractivity contribution in [3.05, 3.63) is 102 Å². The van der Waals surface area contributed by atoms with Crippen LogP contribution in [0.5, 0.6) is 5.75 Å². The van der Waals surface area contributed by atoms with E-state index in [2.05, 4.69) is 15.0 Å². The standard InChI is InChI=1S/C26H19F4N3O3S/c27-25-6-1-16(13-32-25)23-11-17(26(28,29)30)2-4-20(23)21-8-10-36-24-12-19(3-5-22(21)24)37(34,35)14-18-7-9-31-15-33-18/h1-7,9,11-13,15,21H,8,10,14H2/t21-/m1/s1. The number of benzene rings is 2. The first-order valence-electron chi connectivity index (χ1n) is 11.2. The van der Waals surface area contributed by atoms with E-state index in [0.29, 0.717) is 34.6 Å². The molecule has 2 aromatic heterocycles. The summed E-state index contributed by atoms with van der Waals surface area (Å²) >= 11 is 0. The SMILES string of the molecule is O=S(=O)(Cc1ccncn1)c1ccc2c(c1)OCC[C@@H]2c1ccc(C(F)(F)F)cc1-c1ccc(F)nc1. The highest BCUT2D eigenvalue weighted by molar-refractivity contribution is 7.90. The van der Waals surface area contributed by atoms with Gasteiger partial charge in [0.15, 0.2) is 9.84 Å². The first-order valence-corrected chi connectivity index (χ1v) is 12.8. The van der Waals surface area contributed by atoms with Crippen LogP contribution in [-0.2, 0) is 21.8 Å². The van der Waals surface area contributed by atoms with Gasteiger partial charge in [-0.05, 0) is 60.0 Å². The molecule has 0 amide bonds. The van der Waals surface area contributed by atoms with Crippen LogP contribution in [0.15, 0.2) is 78.2 Å². The van der Waals surface area contributed by atoms with Crippen LogP contribution in [-0.4, -0.2) is 30.0 Å². The molecule has 0 saturated heterocycles. The minimum absolute atomic E-state index is 0.0425. The summed E-state index contributed by atoms with van der Waals surface area (Å²) in [5, 5.41) is 0. The van der Waals surface area contributed by atoms with Crippen LogP contribution in [0.2, 0.25) is 0 Å². The second-order valence-corrected chi connectivity index (χ2v) is 10.5. The molecule has 3 heterocycles. The Kier molecular flexibility index (Phi) is 6.40. The van der Waals surface area contributed by atoms with Crippen molar-refractivity contribution in [1.29, 1.82) is 0 Å². The van der Waals surface area contributed by atoms with Gasteiger partial charge in [-0.3, -0.25) is 0 Å². The molecule has 0 saturated carbocycles. The number of rotatable bonds is 5. The van der Waals surface area contributed by atoms with E-state index in [1.165, 1.54) is 49.1 Å². The van der Waals surface area contributed by atoms with Crippen LogP contribution in [0, 0.1) is 5.95 Å². The van der Waals surface area contributed by atoms with E-state index in [9.17, 15) is 26.0 Å². The van der Waals surface area contributed by atoms with Crippen LogP contribution < -0.4 is 4.74 Å². The first kappa shape index (κ1) is 24.8. The minimum Gasteiger partial charge on any atom is -0.493 e. The summed E-state index contributed by atoms with van der Waals surface area (Å²) in [4.78, 5) is 11.4. The number of sulfone groups is 1. The third kappa shape index (κ3) is 5.17. The predicted octanol–water partition coefficient (Wildman–Crippen LogP) is 5.58. The summed E-state index contributed by atoms with van der Waals surface area (Å²) < 4.78 is 85.7. The van der Waals surface area contributed by atoms with Gasteiger partial charge in [0.25, 0.3) is 0 Å². The van der Waals surface area contributed by atoms with E-state index in [4.69, 9.17) is 4.74 Å². The number of ether oxygens (including phenoxy) is 1. The van der Waals surface area contributed by atoms with Crippen LogP contribution in [0.4, 0.5) is 17.6 Å². The van der Waals surface area contributed by atoms with Crippen molar-refractivity contribution < 1.29 is 30.7 Å². The molecule has 11 heteroatoms. The van der Waals surface area contributed by atoms with E-state index >= 15 is 0 Å². The average molecular weight is 530 g/mol. The zero-order chi connectivity index (χ0) is 26.2. The molecule has 4 aromatic rings. The van der Waals surface area contributed by atoms with E-state index in [-0.39, 0.29) is 28.7 Å². The predicted molar refractivity (Wildman–Crippen MR) is 126 cm³/mol. The summed E-state index contributed by atoms with van der Waals surface area (Å²) in [7, 11) is -3.75.